The molecule has 86 valence electrons. The standard InChI is InChI=1S/C8H6F5N.ClH/c9-5-1-4(2-6(10)3-5)7(14)8(11,12)13;/h1-3,7H,14H2;1H/t7-;/m0./s1. The average Bonchev–Trinajstić information content (AvgIpc) is 1.99. The molecule has 0 unspecified atom stereocenters. The summed E-state index contributed by atoms with van der Waals surface area (Å²) in [5.74, 6) is -2.17. The lowest BCUT2D eigenvalue weighted by atomic mass is 10.1. The fraction of sp³-hybridized carbons (Fsp3) is 0.250. The first-order chi connectivity index (χ1) is 6.30. The van der Waals surface area contributed by atoms with Crippen LogP contribution in [0, 0.1) is 11.6 Å². The van der Waals surface area contributed by atoms with Crippen molar-refractivity contribution < 1.29 is 22.0 Å². The van der Waals surface area contributed by atoms with Crippen LogP contribution < -0.4 is 5.73 Å². The Hall–Kier alpha value is -0.880. The van der Waals surface area contributed by atoms with Gasteiger partial charge in [-0.15, -0.1) is 12.4 Å². The number of halogens is 6. The van der Waals surface area contributed by atoms with E-state index in [0.29, 0.717) is 18.2 Å². The van der Waals surface area contributed by atoms with Crippen LogP contribution in [0.3, 0.4) is 0 Å². The number of benzene rings is 1. The molecule has 2 N–H and O–H groups in total. The Morgan fingerprint density at radius 1 is 1.00 bits per heavy atom. The topological polar surface area (TPSA) is 26.0 Å². The Labute approximate surface area is 88.5 Å². The van der Waals surface area contributed by atoms with Crippen molar-refractivity contribution in [3.8, 4) is 0 Å². The summed E-state index contributed by atoms with van der Waals surface area (Å²) in [5.41, 5.74) is 4.12. The van der Waals surface area contributed by atoms with E-state index in [0.717, 1.165) is 0 Å². The van der Waals surface area contributed by atoms with Gasteiger partial charge in [0.1, 0.15) is 17.7 Å². The maximum absolute atomic E-state index is 12.5. The quantitative estimate of drug-likeness (QED) is 0.759. The molecule has 1 rings (SSSR count). The van der Waals surface area contributed by atoms with Crippen LogP contribution in [0.15, 0.2) is 18.2 Å². The van der Waals surface area contributed by atoms with Crippen LogP contribution in [0.4, 0.5) is 22.0 Å². The minimum absolute atomic E-state index is 0. The lowest BCUT2D eigenvalue weighted by Crippen LogP contribution is -2.28. The zero-order valence-corrected chi connectivity index (χ0v) is 8.00. The van der Waals surface area contributed by atoms with Gasteiger partial charge in [0.25, 0.3) is 0 Å². The van der Waals surface area contributed by atoms with Crippen molar-refractivity contribution in [2.24, 2.45) is 5.73 Å². The molecular formula is C8H7ClF5N. The number of hydrogen-bond acceptors (Lipinski definition) is 1. The van der Waals surface area contributed by atoms with Gasteiger partial charge >= 0.3 is 6.18 Å². The molecule has 7 heteroatoms. The first kappa shape index (κ1) is 14.1. The average molecular weight is 248 g/mol. The molecule has 1 atom stereocenters. The molecular weight excluding hydrogens is 241 g/mol. The largest absolute Gasteiger partial charge is 0.407 e. The molecule has 0 radical (unpaired) electrons. The van der Waals surface area contributed by atoms with Crippen LogP contribution in [-0.4, -0.2) is 6.18 Å². The Kier molecular flexibility index (Phi) is 4.48. The van der Waals surface area contributed by atoms with Crippen molar-refractivity contribution in [2.45, 2.75) is 12.2 Å². The molecule has 1 nitrogen and oxygen atoms in total. The van der Waals surface area contributed by atoms with Gasteiger partial charge in [-0.05, 0) is 17.7 Å². The number of hydrogen-bond donors (Lipinski definition) is 1. The zero-order valence-electron chi connectivity index (χ0n) is 7.18. The van der Waals surface area contributed by atoms with Crippen molar-refractivity contribution >= 4 is 12.4 Å². The maximum Gasteiger partial charge on any atom is 0.407 e. The highest BCUT2D eigenvalue weighted by Gasteiger charge is 2.38. The van der Waals surface area contributed by atoms with Gasteiger partial charge in [0.2, 0.25) is 0 Å². The van der Waals surface area contributed by atoms with Crippen LogP contribution in [-0.2, 0) is 0 Å². The van der Waals surface area contributed by atoms with Crippen LogP contribution in [0.1, 0.15) is 11.6 Å². The van der Waals surface area contributed by atoms with Crippen LogP contribution >= 0.6 is 12.4 Å². The molecule has 0 aromatic heterocycles. The molecule has 0 heterocycles. The van der Waals surface area contributed by atoms with Crippen LogP contribution in [0.5, 0.6) is 0 Å². The lowest BCUT2D eigenvalue weighted by Gasteiger charge is -2.15. The third-order valence-corrected chi connectivity index (χ3v) is 1.60. The summed E-state index contributed by atoms with van der Waals surface area (Å²) in [4.78, 5) is 0. The Balaban J connectivity index is 0.00000196. The Bertz CT molecular complexity index is 318. The molecule has 0 amide bonds. The molecule has 0 saturated carbocycles. The van der Waals surface area contributed by atoms with Crippen LogP contribution in [0.2, 0.25) is 0 Å². The van der Waals surface area contributed by atoms with Gasteiger partial charge in [-0.3, -0.25) is 0 Å². The highest BCUT2D eigenvalue weighted by molar-refractivity contribution is 5.85. The van der Waals surface area contributed by atoms with Crippen molar-refractivity contribution in [3.63, 3.8) is 0 Å². The van der Waals surface area contributed by atoms with E-state index in [1.165, 1.54) is 0 Å². The highest BCUT2D eigenvalue weighted by atomic mass is 35.5. The van der Waals surface area contributed by atoms with Gasteiger partial charge in [0.15, 0.2) is 0 Å². The van der Waals surface area contributed by atoms with E-state index in [4.69, 9.17) is 5.73 Å². The molecule has 1 aromatic rings. The van der Waals surface area contributed by atoms with Crippen molar-refractivity contribution in [3.05, 3.63) is 35.4 Å². The lowest BCUT2D eigenvalue weighted by molar-refractivity contribution is -0.149. The summed E-state index contributed by atoms with van der Waals surface area (Å²) in [6.07, 6.45) is -4.71. The summed E-state index contributed by atoms with van der Waals surface area (Å²) < 4.78 is 61.1. The predicted octanol–water partition coefficient (Wildman–Crippen LogP) is 2.95. The molecule has 0 aliphatic heterocycles. The van der Waals surface area contributed by atoms with E-state index >= 15 is 0 Å². The summed E-state index contributed by atoms with van der Waals surface area (Å²) in [5, 5.41) is 0. The van der Waals surface area contributed by atoms with Crippen molar-refractivity contribution in [1.82, 2.24) is 0 Å². The first-order valence-corrected chi connectivity index (χ1v) is 3.59. The summed E-state index contributed by atoms with van der Waals surface area (Å²) in [7, 11) is 0. The molecule has 0 saturated heterocycles. The summed E-state index contributed by atoms with van der Waals surface area (Å²) >= 11 is 0. The van der Waals surface area contributed by atoms with Gasteiger partial charge in [0.05, 0.1) is 0 Å². The van der Waals surface area contributed by atoms with Crippen molar-refractivity contribution in [1.29, 1.82) is 0 Å². The Morgan fingerprint density at radius 2 is 1.40 bits per heavy atom. The maximum atomic E-state index is 12.5. The van der Waals surface area contributed by atoms with E-state index in [1.807, 2.05) is 0 Å². The first-order valence-electron chi connectivity index (χ1n) is 3.59. The monoisotopic (exact) mass is 247 g/mol. The van der Waals surface area contributed by atoms with E-state index in [-0.39, 0.29) is 12.4 Å². The van der Waals surface area contributed by atoms with Crippen molar-refractivity contribution in [2.75, 3.05) is 0 Å². The van der Waals surface area contributed by atoms with Gasteiger partial charge in [-0.25, -0.2) is 8.78 Å². The number of rotatable bonds is 1. The van der Waals surface area contributed by atoms with Gasteiger partial charge in [-0.2, -0.15) is 13.2 Å². The minimum Gasteiger partial charge on any atom is -0.316 e. The Morgan fingerprint density at radius 3 is 1.73 bits per heavy atom. The van der Waals surface area contributed by atoms with Crippen LogP contribution in [0.25, 0.3) is 0 Å². The molecule has 0 aliphatic carbocycles. The molecule has 0 aliphatic rings. The normalized spacial score (nSPS) is 13.2. The van der Waals surface area contributed by atoms with Gasteiger partial charge in [0, 0.05) is 6.07 Å². The summed E-state index contributed by atoms with van der Waals surface area (Å²) in [6, 6.07) is -0.776. The van der Waals surface area contributed by atoms with Gasteiger partial charge < -0.3 is 5.73 Å². The van der Waals surface area contributed by atoms with E-state index in [9.17, 15) is 22.0 Å². The predicted molar refractivity (Wildman–Crippen MR) is 46.6 cm³/mol. The smallest absolute Gasteiger partial charge is 0.316 e. The number of nitrogens with two attached hydrogens (primary N) is 1. The van der Waals surface area contributed by atoms with E-state index in [2.05, 4.69) is 0 Å². The second-order valence-electron chi connectivity index (χ2n) is 2.72. The SMILES string of the molecule is Cl.N[C@@H](c1cc(F)cc(F)c1)C(F)(F)F. The van der Waals surface area contributed by atoms with E-state index in [1.54, 1.807) is 0 Å². The van der Waals surface area contributed by atoms with E-state index < -0.39 is 29.4 Å². The molecule has 15 heavy (non-hydrogen) atoms. The molecule has 0 bridgehead atoms. The fourth-order valence-electron chi connectivity index (χ4n) is 0.944. The van der Waals surface area contributed by atoms with Gasteiger partial charge in [-0.1, -0.05) is 0 Å². The highest BCUT2D eigenvalue weighted by Crippen LogP contribution is 2.30. The molecule has 0 fully saturated rings. The second-order valence-corrected chi connectivity index (χ2v) is 2.72. The third kappa shape index (κ3) is 3.64. The molecule has 0 spiro atoms. The fourth-order valence-corrected chi connectivity index (χ4v) is 0.944. The molecule has 1 aromatic carbocycles. The minimum atomic E-state index is -4.71. The summed E-state index contributed by atoms with van der Waals surface area (Å²) in [6.45, 7) is 0. The zero-order chi connectivity index (χ0) is 10.9. The second kappa shape index (κ2) is 4.76. The number of alkyl halides is 3. The third-order valence-electron chi connectivity index (χ3n) is 1.60.